The van der Waals surface area contributed by atoms with E-state index in [1.165, 1.54) is 6.42 Å². The number of likely N-dealkylation sites (N-methyl/N-ethyl adjacent to an activating group) is 1. The maximum absolute atomic E-state index is 10.8. The molecule has 27 heavy (non-hydrogen) atoms. The van der Waals surface area contributed by atoms with Gasteiger partial charge in [0.2, 0.25) is 5.95 Å². The number of likely N-dealkylation sites (tertiary alicyclic amines) is 1. The molecule has 1 fully saturated rings. The summed E-state index contributed by atoms with van der Waals surface area (Å²) in [6.45, 7) is 2.15. The number of aromatic hydroxyl groups is 1. The lowest BCUT2D eigenvalue weighted by atomic mass is 10.1. The van der Waals surface area contributed by atoms with E-state index in [0.29, 0.717) is 17.3 Å². The van der Waals surface area contributed by atoms with Gasteiger partial charge in [-0.25, -0.2) is 0 Å². The molecular formula is C20H21N5OS. The zero-order chi connectivity index (χ0) is 18.4. The highest BCUT2D eigenvalue weighted by molar-refractivity contribution is 7.17. The molecule has 3 aromatic heterocycles. The van der Waals surface area contributed by atoms with Crippen molar-refractivity contribution in [1.29, 1.82) is 0 Å². The van der Waals surface area contributed by atoms with E-state index in [9.17, 15) is 5.11 Å². The zero-order valence-corrected chi connectivity index (χ0v) is 15.9. The normalized spacial score (nSPS) is 18.3. The number of thiophene rings is 1. The van der Waals surface area contributed by atoms with E-state index >= 15 is 0 Å². The van der Waals surface area contributed by atoms with Crippen molar-refractivity contribution < 1.29 is 5.11 Å². The first kappa shape index (κ1) is 16.5. The molecular weight excluding hydrogens is 358 g/mol. The number of nitrogens with one attached hydrogen (secondary N) is 1. The molecule has 0 unspecified atom stereocenters. The lowest BCUT2D eigenvalue weighted by Crippen LogP contribution is -2.40. The van der Waals surface area contributed by atoms with Crippen molar-refractivity contribution in [1.82, 2.24) is 19.5 Å². The summed E-state index contributed by atoms with van der Waals surface area (Å²) in [7, 11) is 2.15. The molecule has 138 valence electrons. The number of phenolic OH excluding ortho intramolecular Hbond substituents is 1. The van der Waals surface area contributed by atoms with E-state index in [1.807, 2.05) is 46.3 Å². The first-order valence-corrected chi connectivity index (χ1v) is 10.1. The largest absolute Gasteiger partial charge is 0.507 e. The average Bonchev–Trinajstić information content (AvgIpc) is 3.32. The number of anilines is 1. The van der Waals surface area contributed by atoms with Crippen molar-refractivity contribution in [3.8, 4) is 17.0 Å². The molecule has 1 saturated heterocycles. The number of rotatable bonds is 3. The lowest BCUT2D eigenvalue weighted by molar-refractivity contribution is 0.260. The first-order chi connectivity index (χ1) is 13.2. The van der Waals surface area contributed by atoms with Crippen LogP contribution < -0.4 is 5.32 Å². The standard InChI is InChI=1S/C20H21N5OS/c1-24-9-2-4-13(12-24)21-20-23-22-18(16-5-3-10-25(16)20)15-6-7-17-14(19(15)26)8-11-27-17/h3,5-8,10-11,13,26H,2,4,9,12H2,1H3,(H,21,23)/t13-/m1/s1. The van der Waals surface area contributed by atoms with Crippen molar-refractivity contribution in [2.24, 2.45) is 0 Å². The number of fused-ring (bicyclic) bond motifs is 2. The van der Waals surface area contributed by atoms with Crippen molar-refractivity contribution in [2.45, 2.75) is 18.9 Å². The zero-order valence-electron chi connectivity index (χ0n) is 15.1. The Morgan fingerprint density at radius 3 is 3.04 bits per heavy atom. The third kappa shape index (κ3) is 2.83. The third-order valence-electron chi connectivity index (χ3n) is 5.28. The molecule has 0 bridgehead atoms. The summed E-state index contributed by atoms with van der Waals surface area (Å²) >= 11 is 1.62. The van der Waals surface area contributed by atoms with Crippen LogP contribution in [0.25, 0.3) is 26.9 Å². The fourth-order valence-electron chi connectivity index (χ4n) is 3.93. The van der Waals surface area contributed by atoms with Gasteiger partial charge in [-0.3, -0.25) is 4.40 Å². The number of aromatic nitrogens is 3. The minimum atomic E-state index is 0.265. The highest BCUT2D eigenvalue weighted by atomic mass is 32.1. The molecule has 1 aliphatic rings. The molecule has 0 aliphatic carbocycles. The second kappa shape index (κ2) is 6.51. The van der Waals surface area contributed by atoms with E-state index in [1.54, 1.807) is 11.3 Å². The summed E-state index contributed by atoms with van der Waals surface area (Å²) in [5, 5.41) is 26.1. The van der Waals surface area contributed by atoms with Gasteiger partial charge in [-0.1, -0.05) is 0 Å². The Bertz CT molecular complexity index is 1120. The van der Waals surface area contributed by atoms with E-state index < -0.39 is 0 Å². The van der Waals surface area contributed by atoms with Gasteiger partial charge in [0, 0.05) is 34.4 Å². The molecule has 0 radical (unpaired) electrons. The third-order valence-corrected chi connectivity index (χ3v) is 6.17. The molecule has 6 nitrogen and oxygen atoms in total. The van der Waals surface area contributed by atoms with Crippen LogP contribution in [0.5, 0.6) is 5.75 Å². The number of nitrogens with zero attached hydrogens (tertiary/aromatic N) is 4. The molecule has 0 saturated carbocycles. The van der Waals surface area contributed by atoms with E-state index in [0.717, 1.165) is 41.1 Å². The van der Waals surface area contributed by atoms with Crippen molar-refractivity contribution >= 4 is 32.9 Å². The molecule has 0 spiro atoms. The smallest absolute Gasteiger partial charge is 0.228 e. The number of phenols is 1. The molecule has 1 aliphatic heterocycles. The van der Waals surface area contributed by atoms with Crippen LogP contribution in [0.1, 0.15) is 12.8 Å². The molecule has 4 aromatic rings. The van der Waals surface area contributed by atoms with E-state index in [-0.39, 0.29) is 5.75 Å². The Hall–Kier alpha value is -2.64. The molecule has 1 atom stereocenters. The SMILES string of the molecule is CN1CCC[C@@H](Nc2nnc(-c3ccc4sccc4c3O)c3cccn23)C1. The Balaban J connectivity index is 1.57. The Labute approximate surface area is 161 Å². The first-order valence-electron chi connectivity index (χ1n) is 9.19. The summed E-state index contributed by atoms with van der Waals surface area (Å²) in [6, 6.07) is 10.3. The van der Waals surface area contributed by atoms with E-state index in [4.69, 9.17) is 0 Å². The van der Waals surface area contributed by atoms with Gasteiger partial charge in [0.25, 0.3) is 0 Å². The highest BCUT2D eigenvalue weighted by Crippen LogP contribution is 2.38. The topological polar surface area (TPSA) is 65.7 Å². The molecule has 4 heterocycles. The van der Waals surface area contributed by atoms with Crippen LogP contribution in [0.3, 0.4) is 0 Å². The predicted molar refractivity (Wildman–Crippen MR) is 110 cm³/mol. The minimum Gasteiger partial charge on any atom is -0.507 e. The van der Waals surface area contributed by atoms with Gasteiger partial charge in [0.05, 0.1) is 5.52 Å². The fourth-order valence-corrected chi connectivity index (χ4v) is 4.72. The van der Waals surface area contributed by atoms with Crippen LogP contribution in [0.4, 0.5) is 5.95 Å². The van der Waals surface area contributed by atoms with Gasteiger partial charge in [0.1, 0.15) is 11.4 Å². The highest BCUT2D eigenvalue weighted by Gasteiger charge is 2.20. The Morgan fingerprint density at radius 1 is 1.22 bits per heavy atom. The van der Waals surface area contributed by atoms with Crippen molar-refractivity contribution in [3.63, 3.8) is 0 Å². The van der Waals surface area contributed by atoms with Crippen LogP contribution in [0.15, 0.2) is 41.9 Å². The summed E-state index contributed by atoms with van der Waals surface area (Å²) in [6.07, 6.45) is 4.30. The van der Waals surface area contributed by atoms with Gasteiger partial charge in [-0.05, 0) is 62.1 Å². The average molecular weight is 379 g/mol. The Morgan fingerprint density at radius 2 is 2.15 bits per heavy atom. The second-order valence-electron chi connectivity index (χ2n) is 7.18. The molecule has 1 aromatic carbocycles. The number of hydrogen-bond donors (Lipinski definition) is 2. The fraction of sp³-hybridized carbons (Fsp3) is 0.300. The van der Waals surface area contributed by atoms with Gasteiger partial charge in [-0.15, -0.1) is 21.5 Å². The number of hydrogen-bond acceptors (Lipinski definition) is 6. The van der Waals surface area contributed by atoms with Gasteiger partial charge in [0.15, 0.2) is 0 Å². The van der Waals surface area contributed by atoms with Crippen LogP contribution in [0, 0.1) is 0 Å². The summed E-state index contributed by atoms with van der Waals surface area (Å²) in [4.78, 5) is 2.34. The predicted octanol–water partition coefficient (Wildman–Crippen LogP) is 3.82. The monoisotopic (exact) mass is 379 g/mol. The van der Waals surface area contributed by atoms with Crippen LogP contribution in [-0.2, 0) is 0 Å². The molecule has 2 N–H and O–H groups in total. The van der Waals surface area contributed by atoms with Crippen LogP contribution in [-0.4, -0.2) is 50.8 Å². The minimum absolute atomic E-state index is 0.265. The maximum Gasteiger partial charge on any atom is 0.228 e. The Kier molecular flexibility index (Phi) is 3.98. The number of benzene rings is 1. The van der Waals surface area contributed by atoms with Gasteiger partial charge in [-0.2, -0.15) is 0 Å². The van der Waals surface area contributed by atoms with Crippen molar-refractivity contribution in [2.75, 3.05) is 25.5 Å². The lowest BCUT2D eigenvalue weighted by Gasteiger charge is -2.30. The summed E-state index contributed by atoms with van der Waals surface area (Å²) in [5.41, 5.74) is 2.33. The number of piperidine rings is 1. The maximum atomic E-state index is 10.8. The van der Waals surface area contributed by atoms with Crippen LogP contribution in [0.2, 0.25) is 0 Å². The van der Waals surface area contributed by atoms with Crippen molar-refractivity contribution in [3.05, 3.63) is 41.9 Å². The quantitative estimate of drug-likeness (QED) is 0.566. The molecule has 5 rings (SSSR count). The second-order valence-corrected chi connectivity index (χ2v) is 8.12. The van der Waals surface area contributed by atoms with E-state index in [2.05, 4.69) is 27.5 Å². The summed E-state index contributed by atoms with van der Waals surface area (Å²) in [5.74, 6) is 1.01. The van der Waals surface area contributed by atoms with Crippen LogP contribution >= 0.6 is 11.3 Å². The van der Waals surface area contributed by atoms with Gasteiger partial charge >= 0.3 is 0 Å². The summed E-state index contributed by atoms with van der Waals surface area (Å²) < 4.78 is 3.09. The van der Waals surface area contributed by atoms with Gasteiger partial charge < -0.3 is 15.3 Å². The molecule has 7 heteroatoms. The molecule has 0 amide bonds.